The van der Waals surface area contributed by atoms with E-state index in [1.807, 2.05) is 4.90 Å². The summed E-state index contributed by atoms with van der Waals surface area (Å²) in [6.45, 7) is 0.365. The highest BCUT2D eigenvalue weighted by molar-refractivity contribution is 5.97. The van der Waals surface area contributed by atoms with Crippen molar-refractivity contribution in [3.63, 3.8) is 0 Å². The molecular formula is C10H9N3O2. The summed E-state index contributed by atoms with van der Waals surface area (Å²) in [6, 6.07) is 1.46. The largest absolute Gasteiger partial charge is 0.346 e. The van der Waals surface area contributed by atoms with Gasteiger partial charge in [-0.1, -0.05) is 0 Å². The van der Waals surface area contributed by atoms with E-state index in [0.717, 1.165) is 0 Å². The van der Waals surface area contributed by atoms with Crippen LogP contribution < -0.4 is 10.3 Å². The molecule has 0 radical (unpaired) electrons. The van der Waals surface area contributed by atoms with Gasteiger partial charge in [0.25, 0.3) is 0 Å². The summed E-state index contributed by atoms with van der Waals surface area (Å²) < 4.78 is 0. The normalized spacial score (nSPS) is 22.8. The highest BCUT2D eigenvalue weighted by atomic mass is 16.1. The van der Waals surface area contributed by atoms with Crippen molar-refractivity contribution in [3.05, 3.63) is 22.5 Å². The Morgan fingerprint density at radius 2 is 2.33 bits per heavy atom. The molecule has 0 saturated carbocycles. The fourth-order valence-electron chi connectivity index (χ4n) is 2.06. The smallest absolute Gasteiger partial charge is 0.209 e. The highest BCUT2D eigenvalue weighted by Crippen LogP contribution is 2.31. The summed E-state index contributed by atoms with van der Waals surface area (Å²) >= 11 is 0. The number of nitrogens with one attached hydrogen (secondary N) is 1. The number of hydrogen-bond donors (Lipinski definition) is 1. The van der Waals surface area contributed by atoms with Gasteiger partial charge in [-0.3, -0.25) is 14.6 Å². The van der Waals surface area contributed by atoms with Gasteiger partial charge in [0.2, 0.25) is 5.43 Å². The number of ketones is 1. The van der Waals surface area contributed by atoms with Crippen LogP contribution in [0.5, 0.6) is 0 Å². The van der Waals surface area contributed by atoms with Gasteiger partial charge in [0.1, 0.15) is 5.82 Å². The van der Waals surface area contributed by atoms with E-state index in [1.165, 1.54) is 6.07 Å². The summed E-state index contributed by atoms with van der Waals surface area (Å²) in [6.07, 6.45) is 3.75. The predicted octanol–water partition coefficient (Wildman–Crippen LogP) is 0.239. The molecule has 1 unspecified atom stereocenters. The van der Waals surface area contributed by atoms with Gasteiger partial charge in [-0.05, 0) is 0 Å². The lowest BCUT2D eigenvalue weighted by atomic mass is 10.2. The number of carbonyl (C=O) groups is 1. The van der Waals surface area contributed by atoms with Crippen molar-refractivity contribution in [2.24, 2.45) is 4.99 Å². The fourth-order valence-corrected chi connectivity index (χ4v) is 2.06. The van der Waals surface area contributed by atoms with Crippen LogP contribution in [0.4, 0.5) is 11.5 Å². The molecule has 15 heavy (non-hydrogen) atoms. The molecule has 2 aliphatic rings. The number of aromatic nitrogens is 1. The van der Waals surface area contributed by atoms with Gasteiger partial charge < -0.3 is 9.88 Å². The monoisotopic (exact) mass is 203 g/mol. The Morgan fingerprint density at radius 3 is 3.20 bits per heavy atom. The summed E-state index contributed by atoms with van der Waals surface area (Å²) in [5.41, 5.74) is 0.293. The van der Waals surface area contributed by atoms with Crippen LogP contribution in [0, 0.1) is 0 Å². The number of carbonyl (C=O) groups excluding carboxylic acids is 1. The van der Waals surface area contributed by atoms with Gasteiger partial charge in [0, 0.05) is 24.9 Å². The second kappa shape index (κ2) is 2.79. The third-order valence-electron chi connectivity index (χ3n) is 2.76. The van der Waals surface area contributed by atoms with Gasteiger partial charge in [0.05, 0.1) is 12.6 Å². The molecule has 0 spiro atoms. The molecule has 0 amide bonds. The quantitative estimate of drug-likeness (QED) is 0.656. The molecule has 1 N–H and O–H groups in total. The zero-order valence-corrected chi connectivity index (χ0v) is 7.93. The first-order chi connectivity index (χ1) is 7.25. The Bertz CT molecular complexity index is 518. The lowest BCUT2D eigenvalue weighted by Gasteiger charge is -2.26. The molecule has 1 saturated heterocycles. The van der Waals surface area contributed by atoms with E-state index >= 15 is 0 Å². The zero-order valence-electron chi connectivity index (χ0n) is 7.93. The Balaban J connectivity index is 2.19. The molecule has 1 aromatic rings. The first kappa shape index (κ1) is 8.40. The molecule has 1 atom stereocenters. The Hall–Kier alpha value is -1.91. The van der Waals surface area contributed by atoms with Crippen LogP contribution in [0.2, 0.25) is 0 Å². The van der Waals surface area contributed by atoms with Crippen molar-refractivity contribution in [2.75, 3.05) is 11.4 Å². The number of rotatable bonds is 0. The maximum atomic E-state index is 11.5. The van der Waals surface area contributed by atoms with Crippen molar-refractivity contribution >= 4 is 23.5 Å². The topological polar surface area (TPSA) is 65.5 Å². The van der Waals surface area contributed by atoms with Gasteiger partial charge in [0.15, 0.2) is 11.5 Å². The number of fused-ring (bicyclic) bond motifs is 3. The molecule has 1 aromatic heterocycles. The summed E-state index contributed by atoms with van der Waals surface area (Å²) in [4.78, 5) is 31.8. The van der Waals surface area contributed by atoms with Crippen molar-refractivity contribution in [1.29, 1.82) is 0 Å². The van der Waals surface area contributed by atoms with Crippen molar-refractivity contribution in [2.45, 2.75) is 12.5 Å². The average molecular weight is 203 g/mol. The number of aromatic amines is 1. The minimum atomic E-state index is -0.113. The fraction of sp³-hybridized carbons (Fsp3) is 0.300. The summed E-state index contributed by atoms with van der Waals surface area (Å²) in [5.74, 6) is 0.852. The minimum Gasteiger partial charge on any atom is -0.346 e. The van der Waals surface area contributed by atoms with Crippen LogP contribution >= 0.6 is 0 Å². The standard InChI is InChI=1S/C10H9N3O2/c14-7-3-6-4-12-9-8(15)1-2-11-10(9)13(6)5-7/h1-2,4,6H,3,5H2,(H,11,15). The maximum Gasteiger partial charge on any atom is 0.209 e. The highest BCUT2D eigenvalue weighted by Gasteiger charge is 2.34. The zero-order chi connectivity index (χ0) is 10.4. The van der Waals surface area contributed by atoms with E-state index in [4.69, 9.17) is 0 Å². The molecule has 5 nitrogen and oxygen atoms in total. The Labute approximate surface area is 85.4 Å². The van der Waals surface area contributed by atoms with Crippen LogP contribution in [0.3, 0.4) is 0 Å². The van der Waals surface area contributed by atoms with Gasteiger partial charge in [-0.15, -0.1) is 0 Å². The maximum absolute atomic E-state index is 11.5. The Kier molecular flexibility index (Phi) is 1.56. The number of aliphatic imine (C=N–C) groups is 1. The molecule has 0 bridgehead atoms. The van der Waals surface area contributed by atoms with Crippen LogP contribution in [-0.2, 0) is 4.79 Å². The molecule has 5 heteroatoms. The van der Waals surface area contributed by atoms with Crippen molar-refractivity contribution < 1.29 is 4.79 Å². The van der Waals surface area contributed by atoms with Crippen molar-refractivity contribution in [1.82, 2.24) is 4.98 Å². The lowest BCUT2D eigenvalue weighted by molar-refractivity contribution is -0.116. The van der Waals surface area contributed by atoms with Gasteiger partial charge in [-0.2, -0.15) is 0 Å². The molecule has 3 heterocycles. The van der Waals surface area contributed by atoms with Crippen LogP contribution in [0.15, 0.2) is 22.1 Å². The Morgan fingerprint density at radius 1 is 1.47 bits per heavy atom. The molecule has 0 aromatic carbocycles. The van der Waals surface area contributed by atoms with E-state index in [2.05, 4.69) is 9.98 Å². The van der Waals surface area contributed by atoms with Crippen molar-refractivity contribution in [3.8, 4) is 0 Å². The third kappa shape index (κ3) is 1.12. The SMILES string of the molecule is O=C1CC2C=Nc3c([nH]ccc3=O)N2C1. The average Bonchev–Trinajstić information content (AvgIpc) is 2.59. The molecule has 0 aliphatic carbocycles. The van der Waals surface area contributed by atoms with E-state index in [-0.39, 0.29) is 17.3 Å². The van der Waals surface area contributed by atoms with Crippen LogP contribution in [-0.4, -0.2) is 29.6 Å². The van der Waals surface area contributed by atoms with E-state index in [9.17, 15) is 9.59 Å². The van der Waals surface area contributed by atoms with Crippen LogP contribution in [0.1, 0.15) is 6.42 Å². The number of Topliss-reactive ketones (excluding diaryl/α,β-unsaturated/α-hetero) is 1. The minimum absolute atomic E-state index is 0.0167. The van der Waals surface area contributed by atoms with Gasteiger partial charge >= 0.3 is 0 Å². The summed E-state index contributed by atoms with van der Waals surface area (Å²) in [5, 5.41) is 0. The second-order valence-corrected chi connectivity index (χ2v) is 3.76. The summed E-state index contributed by atoms with van der Waals surface area (Å²) in [7, 11) is 0. The molecule has 2 aliphatic heterocycles. The first-order valence-electron chi connectivity index (χ1n) is 4.80. The lowest BCUT2D eigenvalue weighted by Crippen LogP contribution is -2.34. The first-order valence-corrected chi connectivity index (χ1v) is 4.80. The molecule has 76 valence electrons. The number of anilines is 1. The van der Waals surface area contributed by atoms with Gasteiger partial charge in [-0.25, -0.2) is 0 Å². The van der Waals surface area contributed by atoms with E-state index < -0.39 is 0 Å². The molecular weight excluding hydrogens is 194 g/mol. The predicted molar refractivity (Wildman–Crippen MR) is 56.0 cm³/mol. The second-order valence-electron chi connectivity index (χ2n) is 3.76. The number of H-pyrrole nitrogens is 1. The van der Waals surface area contributed by atoms with E-state index in [1.54, 1.807) is 12.4 Å². The molecule has 1 fully saturated rings. The third-order valence-corrected chi connectivity index (χ3v) is 2.76. The van der Waals surface area contributed by atoms with Crippen LogP contribution in [0.25, 0.3) is 0 Å². The number of hydrogen-bond acceptors (Lipinski definition) is 4. The molecule has 3 rings (SSSR count). The number of nitrogens with zero attached hydrogens (tertiary/aromatic N) is 2. The van der Waals surface area contributed by atoms with E-state index in [0.29, 0.717) is 24.5 Å². The number of pyridine rings is 1.